The van der Waals surface area contributed by atoms with Crippen molar-refractivity contribution in [3.05, 3.63) is 0 Å². The lowest BCUT2D eigenvalue weighted by Gasteiger charge is -2.36. The van der Waals surface area contributed by atoms with Crippen LogP contribution in [-0.2, 0) is 14.3 Å². The highest BCUT2D eigenvalue weighted by atomic mass is 16.5. The van der Waals surface area contributed by atoms with E-state index >= 15 is 0 Å². The lowest BCUT2D eigenvalue weighted by molar-refractivity contribution is -0.157. The Labute approximate surface area is 102 Å². The molecule has 1 aliphatic rings. The molecule has 98 valence electrons. The molecule has 1 fully saturated rings. The van der Waals surface area contributed by atoms with Crippen molar-refractivity contribution >= 4 is 11.9 Å². The minimum Gasteiger partial charge on any atom is -0.481 e. The van der Waals surface area contributed by atoms with E-state index in [4.69, 9.17) is 9.84 Å². The van der Waals surface area contributed by atoms with Crippen molar-refractivity contribution in [1.29, 1.82) is 0 Å². The summed E-state index contributed by atoms with van der Waals surface area (Å²) in [5.74, 6) is -0.984. The van der Waals surface area contributed by atoms with Gasteiger partial charge in [0.1, 0.15) is 0 Å². The molecule has 0 spiro atoms. The summed E-state index contributed by atoms with van der Waals surface area (Å²) >= 11 is 0. The monoisotopic (exact) mass is 243 g/mol. The van der Waals surface area contributed by atoms with Gasteiger partial charge in [0.2, 0.25) is 5.91 Å². The second-order valence-electron chi connectivity index (χ2n) is 4.67. The normalized spacial score (nSPS) is 17.2. The zero-order chi connectivity index (χ0) is 12.7. The molecule has 0 unspecified atom stereocenters. The van der Waals surface area contributed by atoms with Crippen LogP contribution in [0.2, 0.25) is 0 Å². The van der Waals surface area contributed by atoms with Crippen LogP contribution in [0.5, 0.6) is 0 Å². The van der Waals surface area contributed by atoms with E-state index < -0.39 is 11.4 Å². The van der Waals surface area contributed by atoms with E-state index in [0.717, 1.165) is 19.3 Å². The minimum absolute atomic E-state index is 0.118. The van der Waals surface area contributed by atoms with Crippen molar-refractivity contribution in [3.8, 4) is 0 Å². The molecule has 1 rings (SSSR count). The summed E-state index contributed by atoms with van der Waals surface area (Å²) < 4.78 is 4.90. The van der Waals surface area contributed by atoms with Crippen LogP contribution in [0.3, 0.4) is 0 Å². The largest absolute Gasteiger partial charge is 0.481 e. The van der Waals surface area contributed by atoms with Crippen LogP contribution >= 0.6 is 0 Å². The molecule has 0 atom stereocenters. The Morgan fingerprint density at radius 1 is 1.35 bits per heavy atom. The topological polar surface area (TPSA) is 75.6 Å². The van der Waals surface area contributed by atoms with Crippen LogP contribution in [0, 0.1) is 5.41 Å². The van der Waals surface area contributed by atoms with E-state index in [9.17, 15) is 9.59 Å². The van der Waals surface area contributed by atoms with E-state index in [1.165, 1.54) is 0 Å². The smallest absolute Gasteiger partial charge is 0.310 e. The van der Waals surface area contributed by atoms with Crippen LogP contribution in [0.1, 0.15) is 38.5 Å². The van der Waals surface area contributed by atoms with Gasteiger partial charge < -0.3 is 15.2 Å². The second kappa shape index (κ2) is 6.59. The fraction of sp³-hybridized carbons (Fsp3) is 0.833. The molecule has 0 aromatic carbocycles. The minimum atomic E-state index is -0.835. The average molecular weight is 243 g/mol. The first-order valence-electron chi connectivity index (χ1n) is 6.10. The Morgan fingerprint density at radius 3 is 2.53 bits per heavy atom. The van der Waals surface area contributed by atoms with Crippen LogP contribution in [-0.4, -0.2) is 37.2 Å². The highest BCUT2D eigenvalue weighted by Crippen LogP contribution is 2.44. The van der Waals surface area contributed by atoms with Crippen molar-refractivity contribution in [3.63, 3.8) is 0 Å². The van der Waals surface area contributed by atoms with Crippen molar-refractivity contribution in [1.82, 2.24) is 5.32 Å². The third-order valence-corrected chi connectivity index (χ3v) is 3.36. The molecule has 0 aromatic heterocycles. The first-order chi connectivity index (χ1) is 8.10. The standard InChI is InChI=1S/C12H21NO4/c1-17-8-3-2-7-13-10(14)9-12(11(15)16)5-4-6-12/h2-9H2,1H3,(H,13,14)(H,15,16). The molecule has 0 heterocycles. The molecule has 0 bridgehead atoms. The molecule has 2 N–H and O–H groups in total. The van der Waals surface area contributed by atoms with Gasteiger partial charge in [-0.1, -0.05) is 6.42 Å². The van der Waals surface area contributed by atoms with E-state index in [2.05, 4.69) is 5.32 Å². The van der Waals surface area contributed by atoms with Gasteiger partial charge in [0.05, 0.1) is 5.41 Å². The van der Waals surface area contributed by atoms with Crippen molar-refractivity contribution in [2.45, 2.75) is 38.5 Å². The van der Waals surface area contributed by atoms with Crippen LogP contribution in [0.25, 0.3) is 0 Å². The Balaban J connectivity index is 2.18. The van der Waals surface area contributed by atoms with Gasteiger partial charge in [-0.2, -0.15) is 0 Å². The van der Waals surface area contributed by atoms with Crippen LogP contribution < -0.4 is 5.32 Å². The summed E-state index contributed by atoms with van der Waals surface area (Å²) in [5.41, 5.74) is -0.781. The number of amides is 1. The number of hydrogen-bond donors (Lipinski definition) is 2. The second-order valence-corrected chi connectivity index (χ2v) is 4.67. The van der Waals surface area contributed by atoms with Gasteiger partial charge in [-0.15, -0.1) is 0 Å². The number of unbranched alkanes of at least 4 members (excludes halogenated alkanes) is 1. The summed E-state index contributed by atoms with van der Waals surface area (Å²) in [5, 5.41) is 11.8. The highest BCUT2D eigenvalue weighted by Gasteiger charge is 2.45. The maximum absolute atomic E-state index is 11.6. The zero-order valence-corrected chi connectivity index (χ0v) is 10.3. The van der Waals surface area contributed by atoms with Crippen LogP contribution in [0.15, 0.2) is 0 Å². The fourth-order valence-corrected chi connectivity index (χ4v) is 2.04. The molecular weight excluding hydrogens is 222 g/mol. The summed E-state index contributed by atoms with van der Waals surface area (Å²) in [7, 11) is 1.64. The number of rotatable bonds is 8. The predicted octanol–water partition coefficient (Wildman–Crippen LogP) is 1.17. The molecule has 0 aliphatic heterocycles. The third-order valence-electron chi connectivity index (χ3n) is 3.36. The van der Waals surface area contributed by atoms with Crippen molar-refractivity contribution < 1.29 is 19.4 Å². The first-order valence-corrected chi connectivity index (χ1v) is 6.10. The summed E-state index contributed by atoms with van der Waals surface area (Å²) in [6, 6.07) is 0. The summed E-state index contributed by atoms with van der Waals surface area (Å²) in [6.45, 7) is 1.28. The Morgan fingerprint density at radius 2 is 2.06 bits per heavy atom. The lowest BCUT2D eigenvalue weighted by atomic mass is 9.66. The molecule has 0 radical (unpaired) electrons. The number of methoxy groups -OCH3 is 1. The molecule has 5 heteroatoms. The van der Waals surface area contributed by atoms with Gasteiger partial charge in [0.15, 0.2) is 0 Å². The predicted molar refractivity (Wildman–Crippen MR) is 62.7 cm³/mol. The summed E-state index contributed by atoms with van der Waals surface area (Å²) in [6.07, 6.45) is 4.04. The van der Waals surface area contributed by atoms with Crippen molar-refractivity contribution in [2.75, 3.05) is 20.3 Å². The molecule has 1 aliphatic carbocycles. The van der Waals surface area contributed by atoms with Gasteiger partial charge in [-0.3, -0.25) is 9.59 Å². The number of carboxylic acids is 1. The SMILES string of the molecule is COCCCCNC(=O)CC1(C(=O)O)CCC1. The average Bonchev–Trinajstić information content (AvgIpc) is 2.22. The van der Waals surface area contributed by atoms with Crippen molar-refractivity contribution in [2.24, 2.45) is 5.41 Å². The molecule has 0 aromatic rings. The number of carbonyl (C=O) groups excluding carboxylic acids is 1. The number of hydrogen-bond acceptors (Lipinski definition) is 3. The maximum Gasteiger partial charge on any atom is 0.310 e. The molecule has 1 saturated carbocycles. The Hall–Kier alpha value is -1.10. The quantitative estimate of drug-likeness (QED) is 0.627. The molecule has 5 nitrogen and oxygen atoms in total. The third kappa shape index (κ3) is 4.00. The molecule has 17 heavy (non-hydrogen) atoms. The number of nitrogens with one attached hydrogen (secondary N) is 1. The fourth-order valence-electron chi connectivity index (χ4n) is 2.04. The Kier molecular flexibility index (Phi) is 5.41. The van der Waals surface area contributed by atoms with Gasteiger partial charge in [-0.05, 0) is 25.7 Å². The number of aliphatic carboxylic acids is 1. The molecule has 1 amide bonds. The molecular formula is C12H21NO4. The Bertz CT molecular complexity index is 274. The number of carboxylic acid groups (broad SMARTS) is 1. The van der Waals surface area contributed by atoms with Crippen LogP contribution in [0.4, 0.5) is 0 Å². The zero-order valence-electron chi connectivity index (χ0n) is 10.3. The van der Waals surface area contributed by atoms with Gasteiger partial charge in [0, 0.05) is 26.7 Å². The van der Waals surface area contributed by atoms with Gasteiger partial charge in [-0.25, -0.2) is 0 Å². The van der Waals surface area contributed by atoms with Gasteiger partial charge in [0.25, 0.3) is 0 Å². The van der Waals surface area contributed by atoms with E-state index in [0.29, 0.717) is 26.0 Å². The maximum atomic E-state index is 11.6. The van der Waals surface area contributed by atoms with E-state index in [-0.39, 0.29) is 12.3 Å². The van der Waals surface area contributed by atoms with E-state index in [1.807, 2.05) is 0 Å². The number of carbonyl (C=O) groups is 2. The summed E-state index contributed by atoms with van der Waals surface area (Å²) in [4.78, 5) is 22.6. The molecule has 0 saturated heterocycles. The number of ether oxygens (including phenoxy) is 1. The first kappa shape index (κ1) is 14.0. The van der Waals surface area contributed by atoms with E-state index in [1.54, 1.807) is 7.11 Å². The lowest BCUT2D eigenvalue weighted by Crippen LogP contribution is -2.42. The highest BCUT2D eigenvalue weighted by molar-refractivity contribution is 5.85. The van der Waals surface area contributed by atoms with Gasteiger partial charge >= 0.3 is 5.97 Å².